The molecule has 0 fully saturated rings. The molecule has 0 amide bonds. The van der Waals surface area contributed by atoms with E-state index in [1.165, 1.54) is 11.3 Å². The van der Waals surface area contributed by atoms with Gasteiger partial charge in [0.05, 0.1) is 19.3 Å². The molecule has 0 radical (unpaired) electrons. The summed E-state index contributed by atoms with van der Waals surface area (Å²) in [5.41, 5.74) is 5.40. The summed E-state index contributed by atoms with van der Waals surface area (Å²) in [5, 5.41) is 0. The molecule has 0 N–H and O–H groups in total. The van der Waals surface area contributed by atoms with Crippen LogP contribution in [0.3, 0.4) is 0 Å². The fourth-order valence-electron chi connectivity index (χ4n) is 3.33. The second-order valence-corrected chi connectivity index (χ2v) is 7.60. The third-order valence-electron chi connectivity index (χ3n) is 5.21. The monoisotopic (exact) mass is 381 g/mol. The number of halogens is 1. The number of aryl methyl sites for hydroxylation is 1. The minimum Gasteiger partial charge on any atom is -0.491 e. The van der Waals surface area contributed by atoms with Crippen molar-refractivity contribution in [2.75, 3.05) is 6.61 Å². The van der Waals surface area contributed by atoms with E-state index in [9.17, 15) is 4.39 Å². The first-order valence-electron chi connectivity index (χ1n) is 10.0. The lowest BCUT2D eigenvalue weighted by molar-refractivity contribution is -0.683. The highest BCUT2D eigenvalue weighted by Gasteiger charge is 2.20. The minimum atomic E-state index is -0.314. The molecule has 0 bridgehead atoms. The Hall–Kier alpha value is -2.62. The summed E-state index contributed by atoms with van der Waals surface area (Å²) in [6, 6.07) is 13.7. The van der Waals surface area contributed by atoms with E-state index in [0.29, 0.717) is 18.3 Å². The lowest BCUT2D eigenvalue weighted by atomic mass is 9.96. The van der Waals surface area contributed by atoms with Gasteiger partial charge in [-0.1, -0.05) is 50.1 Å². The molecule has 0 aliphatic carbocycles. The molecule has 1 heterocycles. The summed E-state index contributed by atoms with van der Waals surface area (Å²) in [7, 11) is 2.05. The first kappa shape index (κ1) is 20.1. The maximum Gasteiger partial charge on any atom is 0.239 e. The van der Waals surface area contributed by atoms with E-state index in [-0.39, 0.29) is 5.82 Å². The van der Waals surface area contributed by atoms with Crippen LogP contribution in [0.15, 0.2) is 48.7 Å². The van der Waals surface area contributed by atoms with Crippen LogP contribution in [-0.4, -0.2) is 11.3 Å². The largest absolute Gasteiger partial charge is 0.491 e. The maximum absolute atomic E-state index is 14.5. The number of aromatic nitrogens is 2. The molecule has 4 heteroatoms. The van der Waals surface area contributed by atoms with Gasteiger partial charge < -0.3 is 4.74 Å². The van der Waals surface area contributed by atoms with Crippen LogP contribution >= 0.6 is 0 Å². The van der Waals surface area contributed by atoms with E-state index < -0.39 is 0 Å². The van der Waals surface area contributed by atoms with Crippen LogP contribution in [0.5, 0.6) is 5.75 Å². The highest BCUT2D eigenvalue weighted by atomic mass is 19.1. The Morgan fingerprint density at radius 2 is 1.79 bits per heavy atom. The highest BCUT2D eigenvalue weighted by Crippen LogP contribution is 2.29. The van der Waals surface area contributed by atoms with Gasteiger partial charge >= 0.3 is 0 Å². The molecule has 0 aliphatic rings. The van der Waals surface area contributed by atoms with Gasteiger partial charge in [0.25, 0.3) is 0 Å². The smallest absolute Gasteiger partial charge is 0.239 e. The van der Waals surface area contributed by atoms with Crippen molar-refractivity contribution in [3.8, 4) is 22.6 Å². The van der Waals surface area contributed by atoms with E-state index in [0.717, 1.165) is 29.7 Å². The molecule has 0 saturated carbocycles. The molecule has 0 unspecified atom stereocenters. The Kier molecular flexibility index (Phi) is 6.18. The number of ether oxygens (including phenoxy) is 1. The Labute approximate surface area is 167 Å². The predicted octanol–water partition coefficient (Wildman–Crippen LogP) is 5.72. The number of nitrogens with zero attached hydrogens (tertiary/aromatic N) is 2. The third-order valence-corrected chi connectivity index (χ3v) is 5.21. The van der Waals surface area contributed by atoms with Gasteiger partial charge in [-0.25, -0.2) is 4.39 Å². The topological polar surface area (TPSA) is 18.0 Å². The van der Waals surface area contributed by atoms with Crippen LogP contribution in [0.2, 0.25) is 0 Å². The minimum absolute atomic E-state index is 0.314. The molecule has 3 rings (SSSR count). The first-order valence-corrected chi connectivity index (χ1v) is 10.0. The van der Waals surface area contributed by atoms with Gasteiger partial charge in [0.2, 0.25) is 11.9 Å². The average Bonchev–Trinajstić information content (AvgIpc) is 3.01. The number of unbranched alkanes of at least 4 members (excludes halogenated alkanes) is 1. The highest BCUT2D eigenvalue weighted by molar-refractivity contribution is 5.67. The van der Waals surface area contributed by atoms with Crippen molar-refractivity contribution in [3.05, 3.63) is 65.7 Å². The number of benzene rings is 2. The molecule has 2 aromatic carbocycles. The van der Waals surface area contributed by atoms with Gasteiger partial charge in [-0.05, 0) is 42.5 Å². The first-order chi connectivity index (χ1) is 13.4. The summed E-state index contributed by atoms with van der Waals surface area (Å²) in [6.07, 6.45) is 4.03. The Morgan fingerprint density at radius 3 is 2.39 bits per heavy atom. The van der Waals surface area contributed by atoms with Gasteiger partial charge in [-0.15, -0.1) is 0 Å². The summed E-state index contributed by atoms with van der Waals surface area (Å²) < 4.78 is 24.3. The second kappa shape index (κ2) is 8.59. The van der Waals surface area contributed by atoms with Crippen LogP contribution < -0.4 is 9.42 Å². The number of rotatable bonds is 7. The molecule has 1 aromatic heterocycles. The molecular formula is C24H30FN2O+. The Balaban J connectivity index is 2.00. The molecule has 28 heavy (non-hydrogen) atoms. The van der Waals surface area contributed by atoms with E-state index >= 15 is 0 Å². The molecule has 0 spiro atoms. The summed E-state index contributed by atoms with van der Waals surface area (Å²) in [6.45, 7) is 9.10. The fourth-order valence-corrected chi connectivity index (χ4v) is 3.33. The average molecular weight is 382 g/mol. The van der Waals surface area contributed by atoms with Crippen molar-refractivity contribution >= 4 is 0 Å². The van der Waals surface area contributed by atoms with Crippen molar-refractivity contribution in [2.45, 2.75) is 46.5 Å². The fraction of sp³-hybridized carbons (Fsp3) is 0.375. The Bertz CT molecular complexity index is 959. The SMILES string of the molecule is CCCCOc1ccc(-c2ccc(C(C)C)c(-[n+]3ccc(C)n3C)c2)cc1F. The van der Waals surface area contributed by atoms with E-state index in [1.807, 2.05) is 13.1 Å². The van der Waals surface area contributed by atoms with Crippen molar-refractivity contribution in [2.24, 2.45) is 7.05 Å². The lowest BCUT2D eigenvalue weighted by Gasteiger charge is -2.12. The van der Waals surface area contributed by atoms with E-state index in [2.05, 4.69) is 67.5 Å². The van der Waals surface area contributed by atoms with Gasteiger partial charge in [0.15, 0.2) is 11.6 Å². The Morgan fingerprint density at radius 1 is 1.07 bits per heavy atom. The predicted molar refractivity (Wildman–Crippen MR) is 112 cm³/mol. The van der Waals surface area contributed by atoms with Crippen LogP contribution in [0.1, 0.15) is 50.8 Å². The molecule has 0 aliphatic heterocycles. The zero-order chi connectivity index (χ0) is 20.3. The molecule has 3 nitrogen and oxygen atoms in total. The quantitative estimate of drug-likeness (QED) is 0.378. The molecular weight excluding hydrogens is 351 g/mol. The maximum atomic E-state index is 14.5. The molecule has 148 valence electrons. The van der Waals surface area contributed by atoms with Crippen molar-refractivity contribution in [1.29, 1.82) is 0 Å². The van der Waals surface area contributed by atoms with Gasteiger partial charge in [0, 0.05) is 17.7 Å². The molecule has 0 saturated heterocycles. The normalized spacial score (nSPS) is 11.2. The summed E-state index contributed by atoms with van der Waals surface area (Å²) in [4.78, 5) is 0. The van der Waals surface area contributed by atoms with Crippen LogP contribution in [0.4, 0.5) is 4.39 Å². The summed E-state index contributed by atoms with van der Waals surface area (Å²) >= 11 is 0. The summed E-state index contributed by atoms with van der Waals surface area (Å²) in [5.74, 6) is 0.395. The van der Waals surface area contributed by atoms with Gasteiger partial charge in [0.1, 0.15) is 0 Å². The zero-order valence-electron chi connectivity index (χ0n) is 17.5. The van der Waals surface area contributed by atoms with Crippen LogP contribution in [0.25, 0.3) is 16.8 Å². The van der Waals surface area contributed by atoms with Crippen LogP contribution in [0, 0.1) is 12.7 Å². The number of hydrogen-bond donors (Lipinski definition) is 0. The third kappa shape index (κ3) is 4.11. The van der Waals surface area contributed by atoms with Crippen molar-refractivity contribution in [1.82, 2.24) is 4.68 Å². The van der Waals surface area contributed by atoms with Gasteiger partial charge in [-0.3, -0.25) is 0 Å². The lowest BCUT2D eigenvalue weighted by Crippen LogP contribution is -2.40. The molecule has 0 atom stereocenters. The van der Waals surface area contributed by atoms with E-state index in [4.69, 9.17) is 4.74 Å². The standard InChI is InChI=1S/C24H30FN2O/c1-6-7-14-28-24-11-9-19(15-22(24)25)20-8-10-21(17(2)3)23(16-20)27-13-12-18(4)26(27)5/h8-13,15-17H,6-7,14H2,1-5H3/q+1. The van der Waals surface area contributed by atoms with Gasteiger partial charge in [-0.2, -0.15) is 4.68 Å². The van der Waals surface area contributed by atoms with Crippen molar-refractivity contribution < 1.29 is 13.8 Å². The molecule has 3 aromatic rings. The van der Waals surface area contributed by atoms with Crippen LogP contribution in [-0.2, 0) is 7.05 Å². The second-order valence-electron chi connectivity index (χ2n) is 7.60. The number of hydrogen-bond acceptors (Lipinski definition) is 1. The zero-order valence-corrected chi connectivity index (χ0v) is 17.5. The van der Waals surface area contributed by atoms with E-state index in [1.54, 1.807) is 12.1 Å². The van der Waals surface area contributed by atoms with Crippen molar-refractivity contribution in [3.63, 3.8) is 0 Å².